The first-order valence-electron chi connectivity index (χ1n) is 10.9. The van der Waals surface area contributed by atoms with Crippen LogP contribution >= 0.6 is 0 Å². The molecule has 1 saturated heterocycles. The average Bonchev–Trinajstić information content (AvgIpc) is 3.09. The summed E-state index contributed by atoms with van der Waals surface area (Å²) in [6.45, 7) is 0.0940. The number of halogens is 1. The fraction of sp³-hybridized carbons (Fsp3) is 0.192. The van der Waals surface area contributed by atoms with Crippen molar-refractivity contribution in [2.24, 2.45) is 0 Å². The summed E-state index contributed by atoms with van der Waals surface area (Å²) in [5, 5.41) is 2.65. The molecule has 0 aliphatic carbocycles. The zero-order chi connectivity index (χ0) is 24.9. The molecule has 1 aliphatic rings. The first-order chi connectivity index (χ1) is 16.9. The number of urea groups is 1. The SMILES string of the molecule is COc1cccc(CN2C(=O)N(c3cccc(OC)c3)C(=O)C2CC(=O)Nc2ccc(F)cc2)c1. The molecule has 1 unspecified atom stereocenters. The second-order valence-corrected chi connectivity index (χ2v) is 7.91. The number of nitrogens with one attached hydrogen (secondary N) is 1. The molecule has 0 bridgehead atoms. The zero-order valence-electron chi connectivity index (χ0n) is 19.2. The highest BCUT2D eigenvalue weighted by molar-refractivity contribution is 6.22. The third-order valence-corrected chi connectivity index (χ3v) is 5.62. The molecule has 1 fully saturated rings. The summed E-state index contributed by atoms with van der Waals surface area (Å²) >= 11 is 0. The van der Waals surface area contributed by atoms with E-state index in [0.717, 1.165) is 10.5 Å². The standard InChI is InChI=1S/C26H24FN3O5/c1-34-21-7-3-5-17(13-21)16-29-23(15-24(31)28-19-11-9-18(27)10-12-19)25(32)30(26(29)33)20-6-4-8-22(14-20)35-2/h3-14,23H,15-16H2,1-2H3,(H,28,31). The van der Waals surface area contributed by atoms with Gasteiger partial charge in [0.1, 0.15) is 23.4 Å². The van der Waals surface area contributed by atoms with E-state index in [1.165, 1.54) is 43.4 Å². The van der Waals surface area contributed by atoms with Crippen LogP contribution < -0.4 is 19.7 Å². The van der Waals surface area contributed by atoms with Crippen molar-refractivity contribution in [2.75, 3.05) is 24.4 Å². The lowest BCUT2D eigenvalue weighted by Gasteiger charge is -2.22. The fourth-order valence-electron chi connectivity index (χ4n) is 3.89. The third kappa shape index (κ3) is 5.24. The molecule has 1 N–H and O–H groups in total. The number of amides is 4. The predicted octanol–water partition coefficient (Wildman–Crippen LogP) is 4.21. The van der Waals surface area contributed by atoms with Gasteiger partial charge in [0.25, 0.3) is 5.91 Å². The Balaban J connectivity index is 1.62. The summed E-state index contributed by atoms with van der Waals surface area (Å²) in [5.41, 5.74) is 1.47. The van der Waals surface area contributed by atoms with E-state index < -0.39 is 29.7 Å². The van der Waals surface area contributed by atoms with Crippen LogP contribution in [0.1, 0.15) is 12.0 Å². The van der Waals surface area contributed by atoms with Gasteiger partial charge in [-0.15, -0.1) is 0 Å². The molecule has 0 aromatic heterocycles. The van der Waals surface area contributed by atoms with E-state index in [1.807, 2.05) is 6.07 Å². The number of hydrogen-bond donors (Lipinski definition) is 1. The molecular formula is C26H24FN3O5. The molecule has 0 radical (unpaired) electrons. The van der Waals surface area contributed by atoms with Crippen LogP contribution in [-0.2, 0) is 16.1 Å². The van der Waals surface area contributed by atoms with Gasteiger partial charge in [-0.1, -0.05) is 18.2 Å². The number of carbonyl (C=O) groups excluding carboxylic acids is 3. The minimum atomic E-state index is -1.04. The highest BCUT2D eigenvalue weighted by Gasteiger charge is 2.46. The van der Waals surface area contributed by atoms with Crippen LogP contribution in [0.2, 0.25) is 0 Å². The molecule has 1 heterocycles. The molecule has 1 aliphatic heterocycles. The van der Waals surface area contributed by atoms with Crippen molar-refractivity contribution in [1.29, 1.82) is 0 Å². The fourth-order valence-corrected chi connectivity index (χ4v) is 3.89. The number of carbonyl (C=O) groups is 3. The Labute approximate surface area is 201 Å². The van der Waals surface area contributed by atoms with E-state index in [4.69, 9.17) is 9.47 Å². The van der Waals surface area contributed by atoms with E-state index in [-0.39, 0.29) is 13.0 Å². The number of nitrogens with zero attached hydrogens (tertiary/aromatic N) is 2. The van der Waals surface area contributed by atoms with Crippen LogP contribution in [0.3, 0.4) is 0 Å². The molecule has 180 valence electrons. The molecule has 35 heavy (non-hydrogen) atoms. The van der Waals surface area contributed by atoms with Gasteiger partial charge in [0.05, 0.1) is 26.3 Å². The highest BCUT2D eigenvalue weighted by Crippen LogP contribution is 2.31. The number of rotatable bonds is 8. The molecule has 4 rings (SSSR count). The van der Waals surface area contributed by atoms with Gasteiger partial charge in [-0.3, -0.25) is 9.59 Å². The van der Waals surface area contributed by atoms with E-state index in [2.05, 4.69) is 5.32 Å². The number of methoxy groups -OCH3 is 2. The van der Waals surface area contributed by atoms with Gasteiger partial charge in [0, 0.05) is 18.3 Å². The van der Waals surface area contributed by atoms with Gasteiger partial charge in [-0.05, 0) is 54.1 Å². The first-order valence-corrected chi connectivity index (χ1v) is 10.9. The Morgan fingerprint density at radius 1 is 0.943 bits per heavy atom. The molecule has 1 atom stereocenters. The molecule has 3 aromatic rings. The number of anilines is 2. The summed E-state index contributed by atoms with van der Waals surface area (Å²) < 4.78 is 23.7. The van der Waals surface area contributed by atoms with Gasteiger partial charge in [-0.2, -0.15) is 0 Å². The molecule has 3 aromatic carbocycles. The second kappa shape index (κ2) is 10.3. The lowest BCUT2D eigenvalue weighted by atomic mass is 10.1. The Kier molecular flexibility index (Phi) is 6.96. The van der Waals surface area contributed by atoms with Crippen molar-refractivity contribution in [3.05, 3.63) is 84.2 Å². The van der Waals surface area contributed by atoms with Crippen LogP contribution in [0.4, 0.5) is 20.6 Å². The van der Waals surface area contributed by atoms with Crippen molar-refractivity contribution in [3.8, 4) is 11.5 Å². The molecule has 8 nitrogen and oxygen atoms in total. The summed E-state index contributed by atoms with van der Waals surface area (Å²) in [7, 11) is 3.03. The monoisotopic (exact) mass is 477 g/mol. The summed E-state index contributed by atoms with van der Waals surface area (Å²) in [6, 6.07) is 17.4. The number of benzene rings is 3. The van der Waals surface area contributed by atoms with Gasteiger partial charge >= 0.3 is 6.03 Å². The van der Waals surface area contributed by atoms with Gasteiger partial charge in [0.2, 0.25) is 5.91 Å². The normalized spacial score (nSPS) is 15.3. The van der Waals surface area contributed by atoms with E-state index in [0.29, 0.717) is 22.9 Å². The van der Waals surface area contributed by atoms with E-state index >= 15 is 0 Å². The Hall–Kier alpha value is -4.40. The van der Waals surface area contributed by atoms with Crippen molar-refractivity contribution in [1.82, 2.24) is 4.90 Å². The van der Waals surface area contributed by atoms with Crippen LogP contribution in [0.15, 0.2) is 72.8 Å². The van der Waals surface area contributed by atoms with Crippen LogP contribution in [-0.4, -0.2) is 43.0 Å². The molecule has 0 saturated carbocycles. The predicted molar refractivity (Wildman–Crippen MR) is 128 cm³/mol. The van der Waals surface area contributed by atoms with Gasteiger partial charge in [0.15, 0.2) is 0 Å². The van der Waals surface area contributed by atoms with Crippen molar-refractivity contribution < 1.29 is 28.2 Å². The van der Waals surface area contributed by atoms with Crippen molar-refractivity contribution in [2.45, 2.75) is 19.0 Å². The number of hydrogen-bond acceptors (Lipinski definition) is 5. The molecular weight excluding hydrogens is 453 g/mol. The Bertz CT molecular complexity index is 1250. The lowest BCUT2D eigenvalue weighted by molar-refractivity contribution is -0.124. The molecule has 4 amide bonds. The average molecular weight is 477 g/mol. The topological polar surface area (TPSA) is 88.2 Å². The molecule has 0 spiro atoms. The lowest BCUT2D eigenvalue weighted by Crippen LogP contribution is -2.37. The first kappa shape index (κ1) is 23.7. The van der Waals surface area contributed by atoms with Crippen molar-refractivity contribution in [3.63, 3.8) is 0 Å². The molecule has 9 heteroatoms. The Morgan fingerprint density at radius 3 is 2.29 bits per heavy atom. The summed E-state index contributed by atoms with van der Waals surface area (Å²) in [6.07, 6.45) is -0.271. The minimum absolute atomic E-state index is 0.0940. The highest BCUT2D eigenvalue weighted by atomic mass is 19.1. The van der Waals surface area contributed by atoms with E-state index in [1.54, 1.807) is 42.5 Å². The zero-order valence-corrected chi connectivity index (χ0v) is 19.2. The number of ether oxygens (including phenoxy) is 2. The summed E-state index contributed by atoms with van der Waals surface area (Å²) in [5.74, 6) is -0.347. The smallest absolute Gasteiger partial charge is 0.332 e. The largest absolute Gasteiger partial charge is 0.497 e. The maximum atomic E-state index is 13.4. The van der Waals surface area contributed by atoms with Crippen LogP contribution in [0.25, 0.3) is 0 Å². The van der Waals surface area contributed by atoms with Gasteiger partial charge < -0.3 is 19.7 Å². The number of imide groups is 1. The third-order valence-electron chi connectivity index (χ3n) is 5.62. The Morgan fingerprint density at radius 2 is 1.60 bits per heavy atom. The summed E-state index contributed by atoms with van der Waals surface area (Å²) in [4.78, 5) is 42.1. The van der Waals surface area contributed by atoms with Crippen molar-refractivity contribution >= 4 is 29.2 Å². The van der Waals surface area contributed by atoms with E-state index in [9.17, 15) is 18.8 Å². The maximum absolute atomic E-state index is 13.4. The van der Waals surface area contributed by atoms with Gasteiger partial charge in [-0.25, -0.2) is 14.1 Å². The van der Waals surface area contributed by atoms with Crippen LogP contribution in [0, 0.1) is 5.82 Å². The second-order valence-electron chi connectivity index (χ2n) is 7.91. The quantitative estimate of drug-likeness (QED) is 0.491. The van der Waals surface area contributed by atoms with Crippen LogP contribution in [0.5, 0.6) is 11.5 Å². The minimum Gasteiger partial charge on any atom is -0.497 e. The maximum Gasteiger partial charge on any atom is 0.332 e.